The number of hydrogen-bond acceptors (Lipinski definition) is 2. The molecule has 2 heteroatoms. The van der Waals surface area contributed by atoms with Crippen LogP contribution in [0.5, 0.6) is 0 Å². The first-order chi connectivity index (χ1) is 7.65. The maximum atomic E-state index is 10.8. The fourth-order valence-electron chi connectivity index (χ4n) is 3.71. The molecule has 2 saturated heterocycles. The van der Waals surface area contributed by atoms with E-state index in [4.69, 9.17) is 0 Å². The van der Waals surface area contributed by atoms with Gasteiger partial charge in [-0.25, -0.2) is 0 Å². The first kappa shape index (κ1) is 12.4. The summed E-state index contributed by atoms with van der Waals surface area (Å²) in [5.74, 6) is 0.712. The van der Waals surface area contributed by atoms with E-state index in [2.05, 4.69) is 19.2 Å². The van der Waals surface area contributed by atoms with Crippen LogP contribution in [0.15, 0.2) is 0 Å². The number of nitrogens with one attached hydrogen (secondary N) is 1. The highest BCUT2D eigenvalue weighted by Crippen LogP contribution is 2.37. The Kier molecular flexibility index (Phi) is 3.91. The van der Waals surface area contributed by atoms with Crippen molar-refractivity contribution in [3.05, 3.63) is 0 Å². The molecule has 0 aromatic rings. The van der Waals surface area contributed by atoms with Crippen molar-refractivity contribution in [2.75, 3.05) is 0 Å². The number of piperidine rings is 2. The van der Waals surface area contributed by atoms with E-state index in [9.17, 15) is 5.11 Å². The summed E-state index contributed by atoms with van der Waals surface area (Å²) in [6, 6.07) is 1.18. The second-order valence-corrected chi connectivity index (χ2v) is 6.01. The fourth-order valence-corrected chi connectivity index (χ4v) is 3.71. The quantitative estimate of drug-likeness (QED) is 0.771. The molecule has 2 fully saturated rings. The average Bonchev–Trinajstić information content (AvgIpc) is 2.25. The zero-order valence-corrected chi connectivity index (χ0v) is 10.8. The number of fused-ring (bicyclic) bond motifs is 2. The van der Waals surface area contributed by atoms with Crippen molar-refractivity contribution in [2.24, 2.45) is 5.92 Å². The second-order valence-electron chi connectivity index (χ2n) is 6.01. The molecular formula is C14H27NO. The van der Waals surface area contributed by atoms with Crippen molar-refractivity contribution < 1.29 is 5.11 Å². The highest BCUT2D eigenvalue weighted by Gasteiger charge is 2.41. The van der Waals surface area contributed by atoms with Crippen LogP contribution in [0.4, 0.5) is 0 Å². The van der Waals surface area contributed by atoms with Crippen molar-refractivity contribution in [3.8, 4) is 0 Å². The summed E-state index contributed by atoms with van der Waals surface area (Å²) in [5.41, 5.74) is -0.363. The van der Waals surface area contributed by atoms with Crippen molar-refractivity contribution in [3.63, 3.8) is 0 Å². The van der Waals surface area contributed by atoms with Crippen LogP contribution in [0.1, 0.15) is 65.2 Å². The average molecular weight is 225 g/mol. The van der Waals surface area contributed by atoms with Crippen LogP contribution >= 0.6 is 0 Å². The van der Waals surface area contributed by atoms with Gasteiger partial charge in [0, 0.05) is 12.1 Å². The van der Waals surface area contributed by atoms with Gasteiger partial charge in [0.1, 0.15) is 0 Å². The number of aliphatic hydroxyl groups is 1. The van der Waals surface area contributed by atoms with Crippen LogP contribution < -0.4 is 5.32 Å². The summed E-state index contributed by atoms with van der Waals surface area (Å²) in [7, 11) is 0. The highest BCUT2D eigenvalue weighted by atomic mass is 16.3. The molecule has 16 heavy (non-hydrogen) atoms. The zero-order chi connectivity index (χ0) is 11.6. The molecule has 0 amide bonds. The minimum Gasteiger partial charge on any atom is -0.390 e. The maximum absolute atomic E-state index is 10.8. The summed E-state index contributed by atoms with van der Waals surface area (Å²) in [4.78, 5) is 0. The van der Waals surface area contributed by atoms with E-state index in [0.717, 1.165) is 19.3 Å². The molecule has 2 unspecified atom stereocenters. The maximum Gasteiger partial charge on any atom is 0.0680 e. The normalized spacial score (nSPS) is 39.0. The third-order valence-corrected chi connectivity index (χ3v) is 4.65. The van der Waals surface area contributed by atoms with Gasteiger partial charge in [-0.3, -0.25) is 0 Å². The molecule has 2 bridgehead atoms. The Morgan fingerprint density at radius 2 is 1.75 bits per heavy atom. The van der Waals surface area contributed by atoms with Gasteiger partial charge in [0.15, 0.2) is 0 Å². The highest BCUT2D eigenvalue weighted by molar-refractivity contribution is 4.98. The molecule has 2 rings (SSSR count). The lowest BCUT2D eigenvalue weighted by Gasteiger charge is -2.46. The van der Waals surface area contributed by atoms with Gasteiger partial charge in [-0.2, -0.15) is 0 Å². The molecule has 0 aromatic heterocycles. The molecule has 2 heterocycles. The van der Waals surface area contributed by atoms with Gasteiger partial charge in [-0.1, -0.05) is 33.1 Å². The molecule has 0 saturated carbocycles. The molecule has 2 aliphatic heterocycles. The molecule has 94 valence electrons. The first-order valence-electron chi connectivity index (χ1n) is 7.13. The van der Waals surface area contributed by atoms with Gasteiger partial charge >= 0.3 is 0 Å². The van der Waals surface area contributed by atoms with Crippen LogP contribution in [0, 0.1) is 5.92 Å². The lowest BCUT2D eigenvalue weighted by Crippen LogP contribution is -2.56. The monoisotopic (exact) mass is 225 g/mol. The van der Waals surface area contributed by atoms with Crippen molar-refractivity contribution in [2.45, 2.75) is 82.9 Å². The van der Waals surface area contributed by atoms with Gasteiger partial charge < -0.3 is 10.4 Å². The smallest absolute Gasteiger partial charge is 0.0680 e. The van der Waals surface area contributed by atoms with E-state index in [1.54, 1.807) is 0 Å². The second kappa shape index (κ2) is 5.05. The lowest BCUT2D eigenvalue weighted by molar-refractivity contribution is -0.0489. The van der Waals surface area contributed by atoms with Gasteiger partial charge in [-0.05, 0) is 38.0 Å². The first-order valence-corrected chi connectivity index (χ1v) is 7.13. The van der Waals surface area contributed by atoms with Crippen LogP contribution in [0.3, 0.4) is 0 Å². The molecule has 0 radical (unpaired) electrons. The van der Waals surface area contributed by atoms with E-state index < -0.39 is 0 Å². The Morgan fingerprint density at radius 3 is 2.25 bits per heavy atom. The van der Waals surface area contributed by atoms with Gasteiger partial charge in [0.25, 0.3) is 0 Å². The van der Waals surface area contributed by atoms with Crippen molar-refractivity contribution >= 4 is 0 Å². The lowest BCUT2D eigenvalue weighted by atomic mass is 9.73. The Labute approximate surface area is 99.8 Å². The Balaban J connectivity index is 1.96. The third-order valence-electron chi connectivity index (χ3n) is 4.65. The summed E-state index contributed by atoms with van der Waals surface area (Å²) in [5, 5.41) is 14.4. The van der Waals surface area contributed by atoms with Crippen LogP contribution in [-0.4, -0.2) is 22.8 Å². The standard InChI is InChI=1S/C14H27NO/c1-3-11(4-2)8-14(16)9-12-6-5-7-13(10-14)15-12/h11-13,15-16H,3-10H2,1-2H3. The fraction of sp³-hybridized carbons (Fsp3) is 1.00. The summed E-state index contributed by atoms with van der Waals surface area (Å²) >= 11 is 0. The third kappa shape index (κ3) is 2.78. The topological polar surface area (TPSA) is 32.3 Å². The number of rotatable bonds is 4. The Hall–Kier alpha value is -0.0800. The van der Waals surface area contributed by atoms with Crippen LogP contribution in [0.2, 0.25) is 0 Å². The predicted molar refractivity (Wildman–Crippen MR) is 67.4 cm³/mol. The molecule has 0 spiro atoms. The Morgan fingerprint density at radius 1 is 1.19 bits per heavy atom. The van der Waals surface area contributed by atoms with Crippen molar-refractivity contribution in [1.29, 1.82) is 0 Å². The summed E-state index contributed by atoms with van der Waals surface area (Å²) < 4.78 is 0. The molecule has 2 atom stereocenters. The Bertz CT molecular complexity index is 213. The molecular weight excluding hydrogens is 198 g/mol. The van der Waals surface area contributed by atoms with Gasteiger partial charge in [-0.15, -0.1) is 0 Å². The SMILES string of the molecule is CCC(CC)CC1(O)CC2CCCC(C1)N2. The van der Waals surface area contributed by atoms with E-state index in [1.807, 2.05) is 0 Å². The zero-order valence-electron chi connectivity index (χ0n) is 10.8. The summed E-state index contributed by atoms with van der Waals surface area (Å²) in [6.45, 7) is 4.50. The van der Waals surface area contributed by atoms with E-state index in [1.165, 1.54) is 32.1 Å². The minimum atomic E-state index is -0.363. The van der Waals surface area contributed by atoms with E-state index in [-0.39, 0.29) is 5.60 Å². The van der Waals surface area contributed by atoms with Crippen molar-refractivity contribution in [1.82, 2.24) is 5.32 Å². The molecule has 2 aliphatic rings. The minimum absolute atomic E-state index is 0.363. The van der Waals surface area contributed by atoms with Gasteiger partial charge in [0.2, 0.25) is 0 Å². The van der Waals surface area contributed by atoms with Crippen LogP contribution in [0.25, 0.3) is 0 Å². The largest absolute Gasteiger partial charge is 0.390 e. The van der Waals surface area contributed by atoms with Gasteiger partial charge in [0.05, 0.1) is 5.60 Å². The molecule has 2 N–H and O–H groups in total. The van der Waals surface area contributed by atoms with Crippen LogP contribution in [-0.2, 0) is 0 Å². The van der Waals surface area contributed by atoms with E-state index >= 15 is 0 Å². The van der Waals surface area contributed by atoms with E-state index in [0.29, 0.717) is 18.0 Å². The molecule has 0 aromatic carbocycles. The molecule has 0 aliphatic carbocycles. The molecule has 2 nitrogen and oxygen atoms in total. The summed E-state index contributed by atoms with van der Waals surface area (Å²) in [6.07, 6.45) is 9.30. The predicted octanol–water partition coefficient (Wildman–Crippen LogP) is 2.85. The number of hydrogen-bond donors (Lipinski definition) is 2.